The Bertz CT molecular complexity index is 2200. The Labute approximate surface area is 272 Å². The van der Waals surface area contributed by atoms with Gasteiger partial charge in [-0.25, -0.2) is 9.97 Å². The number of nitrogens with zero attached hydrogens (tertiary/aromatic N) is 5. The molecule has 2 N–H and O–H groups in total. The number of fused-ring (bicyclic) bond motifs is 1. The van der Waals surface area contributed by atoms with E-state index in [1.165, 1.54) is 18.0 Å². The summed E-state index contributed by atoms with van der Waals surface area (Å²) in [6, 6.07) is 0.539. The van der Waals surface area contributed by atoms with E-state index in [0.29, 0.717) is 17.4 Å². The van der Waals surface area contributed by atoms with Crippen molar-refractivity contribution in [2.24, 2.45) is 6.98 Å². The van der Waals surface area contributed by atoms with Gasteiger partial charge in [0.25, 0.3) is 5.91 Å². The lowest BCUT2D eigenvalue weighted by Gasteiger charge is -2.26. The third-order valence-electron chi connectivity index (χ3n) is 6.02. The molecule has 0 fully saturated rings. The fourth-order valence-electron chi connectivity index (χ4n) is 3.95. The predicted molar refractivity (Wildman–Crippen MR) is 166 cm³/mol. The monoisotopic (exact) mass is 672 g/mol. The van der Waals surface area contributed by atoms with E-state index in [2.05, 4.69) is 29.5 Å². The van der Waals surface area contributed by atoms with Crippen LogP contribution in [0.25, 0.3) is 22.2 Å². The van der Waals surface area contributed by atoms with Crippen molar-refractivity contribution in [1.82, 2.24) is 19.4 Å². The van der Waals surface area contributed by atoms with Crippen molar-refractivity contribution < 1.29 is 49.3 Å². The van der Waals surface area contributed by atoms with Crippen LogP contribution in [0.4, 0.5) is 40.6 Å². The molecule has 46 heavy (non-hydrogen) atoms. The SMILES string of the molecule is [2H]c1c([2H])c([2H])c2c(c(-c3ccnc(Nc4cc(NC(=O)/C(F)=C/OS(C)(=O)=O)c(N(C)CCN(C)C)cc4OC(F)(F)F)n3)cn2C([2H])([2H])[2H])c1[2H]. The number of carbonyl (C=O) groups is 1. The minimum absolute atomic E-state index is 0.0312. The van der Waals surface area contributed by atoms with Gasteiger partial charge in [0.2, 0.25) is 11.8 Å². The number of hydrogen-bond acceptors (Lipinski definition) is 10. The molecule has 0 aliphatic carbocycles. The van der Waals surface area contributed by atoms with Gasteiger partial charge in [-0.05, 0) is 32.3 Å². The highest BCUT2D eigenvalue weighted by atomic mass is 32.2. The first-order valence-electron chi connectivity index (χ1n) is 16.4. The number of alkyl halides is 3. The summed E-state index contributed by atoms with van der Waals surface area (Å²) in [6.45, 7) is -2.35. The molecule has 246 valence electrons. The predicted octanol–water partition coefficient (Wildman–Crippen LogP) is 5.00. The average Bonchev–Trinajstić information content (AvgIpc) is 3.46. The molecule has 1 amide bonds. The summed E-state index contributed by atoms with van der Waals surface area (Å²) < 4.78 is 144. The van der Waals surface area contributed by atoms with Gasteiger partial charge in [0.05, 0.1) is 34.5 Å². The van der Waals surface area contributed by atoms with E-state index < -0.39 is 76.7 Å². The number of carbonyl (C=O) groups excluding carboxylic acids is 1. The van der Waals surface area contributed by atoms with E-state index in [1.54, 1.807) is 19.0 Å². The fraction of sp³-hybridized carbons (Fsp3) is 0.276. The molecular weight excluding hydrogens is 634 g/mol. The highest BCUT2D eigenvalue weighted by Crippen LogP contribution is 2.41. The Morgan fingerprint density at radius 1 is 1.17 bits per heavy atom. The molecule has 17 heteroatoms. The molecule has 0 unspecified atom stereocenters. The number of aromatic nitrogens is 3. The number of aryl methyl sites for hydroxylation is 1. The van der Waals surface area contributed by atoms with Crippen LogP contribution >= 0.6 is 0 Å². The van der Waals surface area contributed by atoms with Crippen LogP contribution in [0, 0.1) is 0 Å². The molecular formula is C29H31F4N7O5S. The number of ether oxygens (including phenoxy) is 1. The zero-order valence-corrected chi connectivity index (χ0v) is 25.4. The first-order valence-corrected chi connectivity index (χ1v) is 14.8. The summed E-state index contributed by atoms with van der Waals surface area (Å²) in [6.07, 6.45) is -2.44. The molecule has 0 saturated heterocycles. The van der Waals surface area contributed by atoms with Crippen molar-refractivity contribution in [3.05, 3.63) is 66.9 Å². The van der Waals surface area contributed by atoms with Gasteiger partial charge in [0.1, 0.15) is 6.26 Å². The number of anilines is 4. The largest absolute Gasteiger partial charge is 0.573 e. The summed E-state index contributed by atoms with van der Waals surface area (Å²) in [5.74, 6) is -4.52. The van der Waals surface area contributed by atoms with Gasteiger partial charge in [0.15, 0.2) is 5.75 Å². The van der Waals surface area contributed by atoms with Crippen molar-refractivity contribution in [3.8, 4) is 17.0 Å². The number of nitrogens with one attached hydrogen (secondary N) is 2. The Hall–Kier alpha value is -4.90. The lowest BCUT2D eigenvalue weighted by Crippen LogP contribution is -2.29. The quantitative estimate of drug-likeness (QED) is 0.0918. The van der Waals surface area contributed by atoms with Crippen molar-refractivity contribution >= 4 is 49.9 Å². The van der Waals surface area contributed by atoms with Gasteiger partial charge in [-0.15, -0.1) is 13.2 Å². The van der Waals surface area contributed by atoms with E-state index in [1.807, 2.05) is 0 Å². The molecule has 0 atom stereocenters. The second-order valence-corrected chi connectivity index (χ2v) is 11.5. The van der Waals surface area contributed by atoms with Gasteiger partial charge in [-0.2, -0.15) is 12.8 Å². The third kappa shape index (κ3) is 8.85. The summed E-state index contributed by atoms with van der Waals surface area (Å²) in [4.78, 5) is 24.2. The third-order valence-corrected chi connectivity index (χ3v) is 6.47. The lowest BCUT2D eigenvalue weighted by molar-refractivity contribution is -0.274. The molecule has 4 rings (SSSR count). The van der Waals surface area contributed by atoms with Gasteiger partial charge in [-0.3, -0.25) is 4.79 Å². The molecule has 0 aliphatic heterocycles. The molecule has 0 radical (unpaired) electrons. The van der Waals surface area contributed by atoms with Crippen LogP contribution in [0.3, 0.4) is 0 Å². The van der Waals surface area contributed by atoms with E-state index in [0.717, 1.165) is 24.5 Å². The topological polar surface area (TPSA) is 131 Å². The molecule has 0 aliphatic rings. The Kier molecular flexibility index (Phi) is 7.49. The maximum absolute atomic E-state index is 14.6. The minimum atomic E-state index is -5.25. The highest BCUT2D eigenvalue weighted by Gasteiger charge is 2.33. The Morgan fingerprint density at radius 2 is 1.91 bits per heavy atom. The number of para-hydroxylation sites is 1. The molecule has 2 aromatic carbocycles. The van der Waals surface area contributed by atoms with E-state index in [9.17, 15) is 30.8 Å². The second-order valence-electron chi connectivity index (χ2n) is 9.89. The lowest BCUT2D eigenvalue weighted by atomic mass is 10.1. The highest BCUT2D eigenvalue weighted by molar-refractivity contribution is 7.86. The standard InChI is InChI=1S/C29H31F4N7O5S/c1-38(2)12-13-39(3)25-15-26(45-29(31,32)33)23(14-22(25)35-27(41)20(30)17-44-46(5,42)43)37-28-34-11-10-21(36-28)19-16-40(4)24-9-7-6-8-18(19)24/h6-11,14-17H,12-13H2,1-5H3,(H,35,41)(H,34,36,37)/b20-17-/i4D3,6D,7D,8D,9D. The number of amides is 1. The average molecular weight is 673 g/mol. The molecule has 0 bridgehead atoms. The molecule has 12 nitrogen and oxygen atoms in total. The molecule has 2 aromatic heterocycles. The first-order chi connectivity index (χ1) is 24.4. The number of likely N-dealkylation sites (N-methyl/N-ethyl adjacent to an activating group) is 2. The summed E-state index contributed by atoms with van der Waals surface area (Å²) in [7, 11) is 0.727. The van der Waals surface area contributed by atoms with Crippen LogP contribution in [-0.4, -0.2) is 80.6 Å². The van der Waals surface area contributed by atoms with Crippen molar-refractivity contribution in [1.29, 1.82) is 0 Å². The summed E-state index contributed by atoms with van der Waals surface area (Å²) in [5, 5.41) is 4.50. The van der Waals surface area contributed by atoms with E-state index in [4.69, 9.17) is 9.60 Å². The van der Waals surface area contributed by atoms with E-state index >= 15 is 0 Å². The number of rotatable bonds is 12. The summed E-state index contributed by atoms with van der Waals surface area (Å²) in [5.41, 5.74) is -1.44. The number of hydrogen-bond donors (Lipinski definition) is 2. The van der Waals surface area contributed by atoms with E-state index in [-0.39, 0.29) is 46.3 Å². The number of halogens is 4. The normalized spacial score (nSPS) is 14.8. The van der Waals surface area contributed by atoms with Crippen LogP contribution in [0.2, 0.25) is 0 Å². The Balaban J connectivity index is 1.89. The zero-order chi connectivity index (χ0) is 39.8. The fourth-order valence-corrected chi connectivity index (χ4v) is 4.21. The number of benzene rings is 2. The van der Waals surface area contributed by atoms with Crippen LogP contribution in [0.5, 0.6) is 5.75 Å². The summed E-state index contributed by atoms with van der Waals surface area (Å²) >= 11 is 0. The van der Waals surface area contributed by atoms with Crippen molar-refractivity contribution in [2.75, 3.05) is 56.0 Å². The molecule has 0 spiro atoms. The van der Waals surface area contributed by atoms with Crippen LogP contribution in [0.15, 0.2) is 66.9 Å². The Morgan fingerprint density at radius 3 is 2.59 bits per heavy atom. The zero-order valence-electron chi connectivity index (χ0n) is 31.6. The second kappa shape index (κ2) is 13.6. The van der Waals surface area contributed by atoms with Gasteiger partial charge >= 0.3 is 16.5 Å². The van der Waals surface area contributed by atoms with Crippen LogP contribution < -0.4 is 20.3 Å². The van der Waals surface area contributed by atoms with Gasteiger partial charge in [-0.1, -0.05) is 18.1 Å². The maximum atomic E-state index is 14.6. The molecule has 2 heterocycles. The smallest absolute Gasteiger partial charge is 0.403 e. The van der Waals surface area contributed by atoms with Gasteiger partial charge < -0.3 is 33.9 Å². The molecule has 4 aromatic rings. The van der Waals surface area contributed by atoms with Crippen LogP contribution in [-0.2, 0) is 26.1 Å². The van der Waals surface area contributed by atoms with Crippen molar-refractivity contribution in [2.45, 2.75) is 6.36 Å². The first kappa shape index (κ1) is 25.3. The molecule has 0 saturated carbocycles. The van der Waals surface area contributed by atoms with Crippen molar-refractivity contribution in [3.63, 3.8) is 0 Å². The van der Waals surface area contributed by atoms with Gasteiger partial charge in [0, 0.05) is 66.2 Å². The minimum Gasteiger partial charge on any atom is -0.403 e. The van der Waals surface area contributed by atoms with Crippen LogP contribution in [0.1, 0.15) is 9.60 Å². The maximum Gasteiger partial charge on any atom is 0.573 e.